The van der Waals surface area contributed by atoms with Gasteiger partial charge in [0.1, 0.15) is 27.8 Å². The van der Waals surface area contributed by atoms with Gasteiger partial charge in [-0.2, -0.15) is 0 Å². The van der Waals surface area contributed by atoms with Gasteiger partial charge in [0.2, 0.25) is 0 Å². The number of halogens is 4. The van der Waals surface area contributed by atoms with Gasteiger partial charge in [0.25, 0.3) is 0 Å². The first kappa shape index (κ1) is 14.8. The van der Waals surface area contributed by atoms with Crippen LogP contribution in [-0.4, -0.2) is 9.97 Å². The van der Waals surface area contributed by atoms with Crippen molar-refractivity contribution in [2.75, 3.05) is 5.32 Å². The van der Waals surface area contributed by atoms with E-state index in [2.05, 4.69) is 31.2 Å². The largest absolute Gasteiger partial charge is 0.335 e. The van der Waals surface area contributed by atoms with E-state index in [0.29, 0.717) is 22.6 Å². The summed E-state index contributed by atoms with van der Waals surface area (Å²) < 4.78 is 40.4. The number of benzene rings is 1. The van der Waals surface area contributed by atoms with Crippen LogP contribution >= 0.6 is 15.9 Å². The highest BCUT2D eigenvalue weighted by atomic mass is 79.9. The number of nitrogens with one attached hydrogen (secondary N) is 1. The molecular weight excluding hydrogens is 335 g/mol. The molecule has 1 aromatic carbocycles. The van der Waals surface area contributed by atoms with Gasteiger partial charge in [0.15, 0.2) is 11.6 Å². The molecule has 7 heteroatoms. The first-order valence-corrected chi connectivity index (χ1v) is 6.62. The summed E-state index contributed by atoms with van der Waals surface area (Å²) in [6, 6.07) is 2.68. The highest BCUT2D eigenvalue weighted by Crippen LogP contribution is 2.25. The van der Waals surface area contributed by atoms with Crippen molar-refractivity contribution in [3.05, 3.63) is 46.1 Å². The van der Waals surface area contributed by atoms with Gasteiger partial charge in [0.05, 0.1) is 0 Å². The van der Waals surface area contributed by atoms with E-state index >= 15 is 0 Å². The molecule has 106 valence electrons. The molecule has 2 rings (SSSR count). The van der Waals surface area contributed by atoms with Gasteiger partial charge in [-0.15, -0.1) is 0 Å². The lowest BCUT2D eigenvalue weighted by molar-refractivity contribution is 0.548. The van der Waals surface area contributed by atoms with Crippen molar-refractivity contribution in [1.29, 1.82) is 0 Å². The molecule has 0 aliphatic rings. The number of rotatable bonds is 3. The number of hydrogen-bond donors (Lipinski definition) is 1. The number of aromatic nitrogens is 2. The lowest BCUT2D eigenvalue weighted by Gasteiger charge is -2.11. The first-order valence-electron chi connectivity index (χ1n) is 5.83. The summed E-state index contributed by atoms with van der Waals surface area (Å²) >= 11 is 3.20. The average molecular weight is 346 g/mol. The van der Waals surface area contributed by atoms with E-state index < -0.39 is 23.1 Å². The Morgan fingerprint density at radius 3 is 2.20 bits per heavy atom. The van der Waals surface area contributed by atoms with Crippen LogP contribution in [0.25, 0.3) is 0 Å². The second-order valence-corrected chi connectivity index (χ2v) is 5.27. The zero-order valence-electron chi connectivity index (χ0n) is 10.7. The molecule has 1 heterocycles. The molecule has 1 N–H and O–H groups in total. The van der Waals surface area contributed by atoms with Crippen molar-refractivity contribution in [3.8, 4) is 0 Å². The molecule has 0 radical (unpaired) electrons. The fraction of sp³-hybridized carbons (Fsp3) is 0.231. The maximum Gasteiger partial charge on any atom is 0.152 e. The second kappa shape index (κ2) is 5.78. The Kier molecular flexibility index (Phi) is 4.27. The quantitative estimate of drug-likeness (QED) is 0.831. The molecule has 2 aromatic rings. The molecule has 0 spiro atoms. The Balaban J connectivity index is 2.40. The van der Waals surface area contributed by atoms with Crippen LogP contribution in [0.4, 0.5) is 24.7 Å². The van der Waals surface area contributed by atoms with Gasteiger partial charge >= 0.3 is 0 Å². The lowest BCUT2D eigenvalue weighted by atomic mass is 10.2. The molecule has 0 fully saturated rings. The van der Waals surface area contributed by atoms with Crippen molar-refractivity contribution in [2.45, 2.75) is 19.8 Å². The van der Waals surface area contributed by atoms with Crippen LogP contribution in [-0.2, 0) is 0 Å². The van der Waals surface area contributed by atoms with E-state index in [1.54, 1.807) is 0 Å². The third-order valence-electron chi connectivity index (χ3n) is 2.49. The standard InChI is InChI=1S/C13H11BrF3N3/c1-6(2)13-18-10(14)5-11(20-13)19-12-8(16)3-7(15)4-9(12)17/h3-6H,1-2H3,(H,18,19,20). The maximum atomic E-state index is 13.6. The molecule has 0 unspecified atom stereocenters. The van der Waals surface area contributed by atoms with E-state index in [0.717, 1.165) is 0 Å². The Morgan fingerprint density at radius 1 is 1.05 bits per heavy atom. The Labute approximate surface area is 122 Å². The van der Waals surface area contributed by atoms with Crippen LogP contribution in [0.3, 0.4) is 0 Å². The molecule has 0 aliphatic carbocycles. The highest BCUT2D eigenvalue weighted by molar-refractivity contribution is 9.10. The molecule has 3 nitrogen and oxygen atoms in total. The molecule has 0 saturated heterocycles. The lowest BCUT2D eigenvalue weighted by Crippen LogP contribution is -2.05. The van der Waals surface area contributed by atoms with Crippen LogP contribution < -0.4 is 5.32 Å². The minimum absolute atomic E-state index is 0.0518. The Bertz CT molecular complexity index is 624. The van der Waals surface area contributed by atoms with Crippen molar-refractivity contribution >= 4 is 27.4 Å². The van der Waals surface area contributed by atoms with Gasteiger partial charge in [-0.25, -0.2) is 23.1 Å². The summed E-state index contributed by atoms with van der Waals surface area (Å²) in [6.45, 7) is 3.79. The van der Waals surface area contributed by atoms with Gasteiger partial charge in [-0.3, -0.25) is 0 Å². The Morgan fingerprint density at radius 2 is 1.65 bits per heavy atom. The number of hydrogen-bond acceptors (Lipinski definition) is 3. The van der Waals surface area contributed by atoms with Gasteiger partial charge in [0, 0.05) is 24.1 Å². The molecule has 0 atom stereocenters. The molecule has 0 bridgehead atoms. The topological polar surface area (TPSA) is 37.8 Å². The van der Waals surface area contributed by atoms with Gasteiger partial charge in [-0.1, -0.05) is 13.8 Å². The van der Waals surface area contributed by atoms with Crippen LogP contribution in [0.15, 0.2) is 22.8 Å². The fourth-order valence-electron chi connectivity index (χ4n) is 1.55. The average Bonchev–Trinajstić information content (AvgIpc) is 2.33. The highest BCUT2D eigenvalue weighted by Gasteiger charge is 2.14. The third-order valence-corrected chi connectivity index (χ3v) is 2.89. The summed E-state index contributed by atoms with van der Waals surface area (Å²) in [5.74, 6) is -2.23. The molecule has 0 saturated carbocycles. The molecule has 20 heavy (non-hydrogen) atoms. The SMILES string of the molecule is CC(C)c1nc(Br)cc(Nc2c(F)cc(F)cc2F)n1. The monoisotopic (exact) mass is 345 g/mol. The smallest absolute Gasteiger partial charge is 0.152 e. The normalized spacial score (nSPS) is 10.9. The first-order chi connectivity index (χ1) is 9.36. The van der Waals surface area contributed by atoms with Crippen molar-refractivity contribution in [3.63, 3.8) is 0 Å². The zero-order valence-corrected chi connectivity index (χ0v) is 12.3. The molecule has 1 aromatic heterocycles. The van der Waals surface area contributed by atoms with E-state index in [1.807, 2.05) is 13.8 Å². The van der Waals surface area contributed by atoms with Crippen molar-refractivity contribution in [2.24, 2.45) is 0 Å². The number of anilines is 2. The van der Waals surface area contributed by atoms with E-state index in [4.69, 9.17) is 0 Å². The third kappa shape index (κ3) is 3.27. The maximum absolute atomic E-state index is 13.6. The predicted octanol–water partition coefficient (Wildman–Crippen LogP) is 4.52. The summed E-state index contributed by atoms with van der Waals surface area (Å²) in [6.07, 6.45) is 0. The van der Waals surface area contributed by atoms with Crippen LogP contribution in [0.2, 0.25) is 0 Å². The van der Waals surface area contributed by atoms with Crippen LogP contribution in [0, 0.1) is 17.5 Å². The van der Waals surface area contributed by atoms with E-state index in [1.165, 1.54) is 6.07 Å². The summed E-state index contributed by atoms with van der Waals surface area (Å²) in [4.78, 5) is 8.31. The van der Waals surface area contributed by atoms with Crippen LogP contribution in [0.5, 0.6) is 0 Å². The molecule has 0 amide bonds. The van der Waals surface area contributed by atoms with Crippen molar-refractivity contribution in [1.82, 2.24) is 9.97 Å². The van der Waals surface area contributed by atoms with Crippen molar-refractivity contribution < 1.29 is 13.2 Å². The summed E-state index contributed by atoms with van der Waals surface area (Å²) in [5.41, 5.74) is -0.452. The Hall–Kier alpha value is -1.63. The second-order valence-electron chi connectivity index (χ2n) is 4.46. The van der Waals surface area contributed by atoms with E-state index in [9.17, 15) is 13.2 Å². The van der Waals surface area contributed by atoms with Crippen LogP contribution in [0.1, 0.15) is 25.6 Å². The minimum Gasteiger partial charge on any atom is -0.335 e. The van der Waals surface area contributed by atoms with E-state index in [-0.39, 0.29) is 11.7 Å². The predicted molar refractivity (Wildman–Crippen MR) is 73.4 cm³/mol. The molecular formula is C13H11BrF3N3. The molecule has 0 aliphatic heterocycles. The number of nitrogens with zero attached hydrogens (tertiary/aromatic N) is 2. The van der Waals surface area contributed by atoms with Gasteiger partial charge < -0.3 is 5.32 Å². The van der Waals surface area contributed by atoms with Gasteiger partial charge in [-0.05, 0) is 15.9 Å². The summed E-state index contributed by atoms with van der Waals surface area (Å²) in [7, 11) is 0. The zero-order chi connectivity index (χ0) is 14.9. The summed E-state index contributed by atoms with van der Waals surface area (Å²) in [5, 5.41) is 2.51. The fourth-order valence-corrected chi connectivity index (χ4v) is 1.95. The minimum atomic E-state index is -1.02.